The summed E-state index contributed by atoms with van der Waals surface area (Å²) in [6, 6.07) is 7.69. The average Bonchev–Trinajstić information content (AvgIpc) is 2.84. The molecule has 0 saturated heterocycles. The molecule has 19 heavy (non-hydrogen) atoms. The second-order valence-electron chi connectivity index (χ2n) is 5.24. The van der Waals surface area contributed by atoms with E-state index in [2.05, 4.69) is 4.72 Å². The number of benzene rings is 1. The van der Waals surface area contributed by atoms with Gasteiger partial charge >= 0.3 is 0 Å². The molecule has 0 amide bonds. The Morgan fingerprint density at radius 1 is 1.16 bits per heavy atom. The smallest absolute Gasteiger partial charge is 0.235 e. The molecule has 1 aromatic rings. The van der Waals surface area contributed by atoms with Gasteiger partial charge in [0, 0.05) is 15.8 Å². The van der Waals surface area contributed by atoms with E-state index in [-0.39, 0.29) is 0 Å². The van der Waals surface area contributed by atoms with Gasteiger partial charge in [-0.2, -0.15) is 0 Å². The molecular formula is C14H21NO2S2. The van der Waals surface area contributed by atoms with Gasteiger partial charge in [-0.25, -0.2) is 8.42 Å². The molecule has 3 nitrogen and oxygen atoms in total. The number of thioether (sulfide) groups is 1. The quantitative estimate of drug-likeness (QED) is 0.897. The molecule has 0 radical (unpaired) electrons. The van der Waals surface area contributed by atoms with Crippen LogP contribution >= 0.6 is 11.8 Å². The van der Waals surface area contributed by atoms with Gasteiger partial charge < -0.3 is 0 Å². The number of rotatable bonds is 5. The van der Waals surface area contributed by atoms with Gasteiger partial charge in [0.15, 0.2) is 0 Å². The molecule has 1 saturated carbocycles. The van der Waals surface area contributed by atoms with Crippen LogP contribution in [0.4, 0.5) is 5.69 Å². The first kappa shape index (κ1) is 14.7. The fraction of sp³-hybridized carbons (Fsp3) is 0.571. The largest absolute Gasteiger partial charge is 0.283 e. The Morgan fingerprint density at radius 2 is 1.74 bits per heavy atom. The number of nitrogens with one attached hydrogen (secondary N) is 1. The molecule has 0 atom stereocenters. The third-order valence-electron chi connectivity index (χ3n) is 3.34. The lowest BCUT2D eigenvalue weighted by atomic mass is 10.3. The summed E-state index contributed by atoms with van der Waals surface area (Å²) in [5, 5.41) is 0.318. The van der Waals surface area contributed by atoms with E-state index in [0.717, 1.165) is 5.25 Å². The van der Waals surface area contributed by atoms with E-state index in [1.165, 1.54) is 30.6 Å². The molecule has 2 rings (SSSR count). The van der Waals surface area contributed by atoms with Crippen molar-refractivity contribution < 1.29 is 8.42 Å². The molecule has 0 aliphatic heterocycles. The van der Waals surface area contributed by atoms with Crippen molar-refractivity contribution in [3.05, 3.63) is 24.3 Å². The summed E-state index contributed by atoms with van der Waals surface area (Å²) in [4.78, 5) is 1.22. The first-order valence-electron chi connectivity index (χ1n) is 6.76. The maximum atomic E-state index is 11.7. The van der Waals surface area contributed by atoms with E-state index in [1.54, 1.807) is 13.8 Å². The molecule has 1 aliphatic carbocycles. The zero-order chi connectivity index (χ0) is 13.9. The summed E-state index contributed by atoms with van der Waals surface area (Å²) in [7, 11) is -3.24. The van der Waals surface area contributed by atoms with Crippen LogP contribution in [0.15, 0.2) is 29.2 Å². The molecule has 0 bridgehead atoms. The topological polar surface area (TPSA) is 46.2 Å². The fourth-order valence-electron chi connectivity index (χ4n) is 2.08. The lowest BCUT2D eigenvalue weighted by molar-refractivity contribution is 0.593. The second-order valence-corrected chi connectivity index (χ2v) is 8.86. The van der Waals surface area contributed by atoms with Crippen molar-refractivity contribution in [2.45, 2.75) is 54.9 Å². The molecule has 0 spiro atoms. The van der Waals surface area contributed by atoms with Crippen molar-refractivity contribution in [1.82, 2.24) is 0 Å². The van der Waals surface area contributed by atoms with Crippen LogP contribution in [-0.2, 0) is 10.0 Å². The molecule has 1 N–H and O–H groups in total. The van der Waals surface area contributed by atoms with Crippen molar-refractivity contribution in [3.8, 4) is 0 Å². The van der Waals surface area contributed by atoms with Crippen LogP contribution in [0.2, 0.25) is 0 Å². The van der Waals surface area contributed by atoms with Crippen LogP contribution in [0.25, 0.3) is 0 Å². The van der Waals surface area contributed by atoms with Gasteiger partial charge in [0.05, 0.1) is 5.25 Å². The van der Waals surface area contributed by atoms with Crippen molar-refractivity contribution in [2.24, 2.45) is 0 Å². The third kappa shape index (κ3) is 4.14. The van der Waals surface area contributed by atoms with Crippen molar-refractivity contribution >= 4 is 27.5 Å². The number of anilines is 1. The molecule has 0 heterocycles. The normalized spacial score (nSPS) is 17.0. The zero-order valence-electron chi connectivity index (χ0n) is 11.4. The summed E-state index contributed by atoms with van der Waals surface area (Å²) >= 11 is 1.91. The van der Waals surface area contributed by atoms with Crippen LogP contribution in [0.5, 0.6) is 0 Å². The highest BCUT2D eigenvalue weighted by molar-refractivity contribution is 8.00. The van der Waals surface area contributed by atoms with Gasteiger partial charge in [-0.15, -0.1) is 11.8 Å². The van der Waals surface area contributed by atoms with Gasteiger partial charge in [0.2, 0.25) is 10.0 Å². The van der Waals surface area contributed by atoms with Crippen LogP contribution in [0.1, 0.15) is 39.5 Å². The molecule has 106 valence electrons. The first-order chi connectivity index (χ1) is 8.97. The number of sulfonamides is 1. The first-order valence-corrected chi connectivity index (χ1v) is 9.18. The molecule has 1 fully saturated rings. The predicted molar refractivity (Wildman–Crippen MR) is 82.2 cm³/mol. The average molecular weight is 299 g/mol. The molecular weight excluding hydrogens is 278 g/mol. The Balaban J connectivity index is 1.98. The maximum Gasteiger partial charge on any atom is 0.235 e. The fourth-order valence-corrected chi connectivity index (χ4v) is 4.03. The summed E-state index contributed by atoms with van der Waals surface area (Å²) in [6.45, 7) is 3.35. The molecule has 0 aromatic heterocycles. The Kier molecular flexibility index (Phi) is 4.79. The molecule has 1 aliphatic rings. The summed E-state index contributed by atoms with van der Waals surface area (Å²) < 4.78 is 26.1. The Labute approximate surface area is 120 Å². The summed E-state index contributed by atoms with van der Waals surface area (Å²) in [5.41, 5.74) is 0.643. The highest BCUT2D eigenvalue weighted by atomic mass is 32.2. The minimum Gasteiger partial charge on any atom is -0.283 e. The maximum absolute atomic E-state index is 11.7. The Hall–Kier alpha value is -0.680. The minimum atomic E-state index is -3.24. The minimum absolute atomic E-state index is 0.417. The van der Waals surface area contributed by atoms with E-state index in [0.29, 0.717) is 5.69 Å². The monoisotopic (exact) mass is 299 g/mol. The van der Waals surface area contributed by atoms with Crippen LogP contribution in [0.3, 0.4) is 0 Å². The number of hydrogen-bond donors (Lipinski definition) is 1. The van der Waals surface area contributed by atoms with Crippen LogP contribution in [-0.4, -0.2) is 18.9 Å². The lowest BCUT2D eigenvalue weighted by Crippen LogP contribution is -2.22. The lowest BCUT2D eigenvalue weighted by Gasteiger charge is -2.12. The van der Waals surface area contributed by atoms with Gasteiger partial charge in [0.1, 0.15) is 0 Å². The van der Waals surface area contributed by atoms with Crippen molar-refractivity contribution in [2.75, 3.05) is 4.72 Å². The SMILES string of the molecule is CC(C)S(=O)(=O)Nc1ccc(SC2CCCC2)cc1. The summed E-state index contributed by atoms with van der Waals surface area (Å²) in [5.74, 6) is 0. The van der Waals surface area contributed by atoms with Gasteiger partial charge in [-0.1, -0.05) is 12.8 Å². The van der Waals surface area contributed by atoms with Crippen LogP contribution < -0.4 is 4.72 Å². The van der Waals surface area contributed by atoms with Crippen LogP contribution in [0, 0.1) is 0 Å². The van der Waals surface area contributed by atoms with Crippen molar-refractivity contribution in [1.29, 1.82) is 0 Å². The van der Waals surface area contributed by atoms with Gasteiger partial charge in [-0.05, 0) is 51.0 Å². The highest BCUT2D eigenvalue weighted by Gasteiger charge is 2.17. The van der Waals surface area contributed by atoms with Gasteiger partial charge in [-0.3, -0.25) is 4.72 Å². The molecule has 5 heteroatoms. The summed E-state index contributed by atoms with van der Waals surface area (Å²) in [6.07, 6.45) is 5.27. The zero-order valence-corrected chi connectivity index (χ0v) is 13.1. The predicted octanol–water partition coefficient (Wildman–Crippen LogP) is 3.87. The van der Waals surface area contributed by atoms with Crippen molar-refractivity contribution in [3.63, 3.8) is 0 Å². The van der Waals surface area contributed by atoms with Gasteiger partial charge in [0.25, 0.3) is 0 Å². The van der Waals surface area contributed by atoms with E-state index >= 15 is 0 Å². The number of hydrogen-bond acceptors (Lipinski definition) is 3. The molecule has 0 unspecified atom stereocenters. The van der Waals surface area contributed by atoms with E-state index in [9.17, 15) is 8.42 Å². The Bertz CT molecular complexity index is 503. The standard InChI is InChI=1S/C14H21NO2S2/c1-11(2)19(16,17)15-12-7-9-14(10-8-12)18-13-5-3-4-6-13/h7-11,13,15H,3-6H2,1-2H3. The highest BCUT2D eigenvalue weighted by Crippen LogP contribution is 2.35. The van der Waals surface area contributed by atoms with E-state index in [1.807, 2.05) is 36.0 Å². The third-order valence-corrected chi connectivity index (χ3v) is 6.45. The second kappa shape index (κ2) is 6.18. The Morgan fingerprint density at radius 3 is 2.26 bits per heavy atom. The van der Waals surface area contributed by atoms with E-state index in [4.69, 9.17) is 0 Å². The van der Waals surface area contributed by atoms with E-state index < -0.39 is 15.3 Å². The molecule has 1 aromatic carbocycles.